The Bertz CT molecular complexity index is 416. The first-order valence-electron chi connectivity index (χ1n) is 5.89. The lowest BCUT2D eigenvalue weighted by Crippen LogP contribution is -2.37. The number of hydrogen-bond donors (Lipinski definition) is 2. The summed E-state index contributed by atoms with van der Waals surface area (Å²) in [5.41, 5.74) is 6.15. The van der Waals surface area contributed by atoms with Gasteiger partial charge in [-0.1, -0.05) is 12.1 Å². The van der Waals surface area contributed by atoms with Crippen LogP contribution in [0.3, 0.4) is 0 Å². The molecule has 1 amide bonds. The average Bonchev–Trinajstić information content (AvgIpc) is 3.10. The van der Waals surface area contributed by atoms with Crippen molar-refractivity contribution in [3.63, 3.8) is 0 Å². The van der Waals surface area contributed by atoms with Crippen LogP contribution >= 0.6 is 0 Å². The van der Waals surface area contributed by atoms with Gasteiger partial charge >= 0.3 is 0 Å². The second-order valence-electron chi connectivity index (χ2n) is 4.62. The van der Waals surface area contributed by atoms with Gasteiger partial charge in [0.15, 0.2) is 0 Å². The zero-order chi connectivity index (χ0) is 12.3. The Morgan fingerprint density at radius 1 is 1.47 bits per heavy atom. The largest absolute Gasteiger partial charge is 0.355 e. The van der Waals surface area contributed by atoms with Crippen LogP contribution in [0.15, 0.2) is 24.3 Å². The normalized spacial score (nSPS) is 16.6. The lowest BCUT2D eigenvalue weighted by Gasteiger charge is -2.12. The third kappa shape index (κ3) is 2.82. The minimum atomic E-state index is -0.304. The Morgan fingerprint density at radius 2 is 2.24 bits per heavy atom. The van der Waals surface area contributed by atoms with Crippen molar-refractivity contribution >= 4 is 5.91 Å². The van der Waals surface area contributed by atoms with Gasteiger partial charge in [0.05, 0.1) is 5.41 Å². The Balaban J connectivity index is 1.78. The highest BCUT2D eigenvalue weighted by Crippen LogP contribution is 2.44. The molecule has 0 bridgehead atoms. The van der Waals surface area contributed by atoms with E-state index < -0.39 is 0 Å². The summed E-state index contributed by atoms with van der Waals surface area (Å²) in [6.07, 6.45) is 2.41. The van der Waals surface area contributed by atoms with Gasteiger partial charge < -0.3 is 11.1 Å². The predicted octanol–water partition coefficient (Wildman–Crippen LogP) is 1.22. The van der Waals surface area contributed by atoms with Crippen molar-refractivity contribution < 1.29 is 9.18 Å². The molecule has 1 aliphatic rings. The summed E-state index contributed by atoms with van der Waals surface area (Å²) in [5, 5.41) is 2.86. The molecule has 1 aromatic carbocycles. The van der Waals surface area contributed by atoms with E-state index in [9.17, 15) is 9.18 Å². The van der Waals surface area contributed by atoms with E-state index in [1.807, 2.05) is 6.07 Å². The molecule has 0 unspecified atom stereocenters. The topological polar surface area (TPSA) is 55.1 Å². The van der Waals surface area contributed by atoms with E-state index in [1.54, 1.807) is 6.07 Å². The van der Waals surface area contributed by atoms with Crippen molar-refractivity contribution in [2.24, 2.45) is 11.1 Å². The van der Waals surface area contributed by atoms with E-state index in [-0.39, 0.29) is 17.1 Å². The van der Waals surface area contributed by atoms with Crippen LogP contribution in [0.5, 0.6) is 0 Å². The third-order valence-corrected chi connectivity index (χ3v) is 3.31. The van der Waals surface area contributed by atoms with Gasteiger partial charge in [-0.3, -0.25) is 4.79 Å². The molecule has 0 aliphatic heterocycles. The molecule has 3 N–H and O–H groups in total. The molecular formula is C13H17FN2O. The minimum Gasteiger partial charge on any atom is -0.355 e. The number of carbonyl (C=O) groups is 1. The van der Waals surface area contributed by atoms with E-state index in [0.29, 0.717) is 19.5 Å². The first-order chi connectivity index (χ1) is 8.16. The van der Waals surface area contributed by atoms with Gasteiger partial charge in [-0.25, -0.2) is 4.39 Å². The van der Waals surface area contributed by atoms with Gasteiger partial charge in [0, 0.05) is 13.1 Å². The molecule has 0 heterocycles. The highest BCUT2D eigenvalue weighted by atomic mass is 19.1. The van der Waals surface area contributed by atoms with E-state index in [2.05, 4.69) is 5.32 Å². The Labute approximate surface area is 100 Å². The lowest BCUT2D eigenvalue weighted by molar-refractivity contribution is -0.125. The van der Waals surface area contributed by atoms with Gasteiger partial charge in [0.25, 0.3) is 0 Å². The molecule has 0 saturated heterocycles. The molecule has 1 fully saturated rings. The summed E-state index contributed by atoms with van der Waals surface area (Å²) < 4.78 is 12.9. The van der Waals surface area contributed by atoms with Crippen LogP contribution in [0.25, 0.3) is 0 Å². The molecule has 0 spiro atoms. The first-order valence-corrected chi connectivity index (χ1v) is 5.89. The van der Waals surface area contributed by atoms with E-state index >= 15 is 0 Å². The molecule has 0 aromatic heterocycles. The summed E-state index contributed by atoms with van der Waals surface area (Å²) in [7, 11) is 0. The second kappa shape index (κ2) is 4.84. The summed E-state index contributed by atoms with van der Waals surface area (Å²) in [4.78, 5) is 11.8. The van der Waals surface area contributed by atoms with E-state index in [4.69, 9.17) is 5.73 Å². The Hall–Kier alpha value is -1.42. The van der Waals surface area contributed by atoms with Gasteiger partial charge in [0.2, 0.25) is 5.91 Å². The van der Waals surface area contributed by atoms with Crippen molar-refractivity contribution in [2.75, 3.05) is 13.1 Å². The number of amides is 1. The first kappa shape index (κ1) is 12.0. The van der Waals surface area contributed by atoms with Gasteiger partial charge in [-0.2, -0.15) is 0 Å². The number of benzene rings is 1. The van der Waals surface area contributed by atoms with Crippen molar-refractivity contribution in [3.05, 3.63) is 35.6 Å². The Kier molecular flexibility index (Phi) is 3.43. The fraction of sp³-hybridized carbons (Fsp3) is 0.462. The van der Waals surface area contributed by atoms with E-state index in [1.165, 1.54) is 12.1 Å². The van der Waals surface area contributed by atoms with Gasteiger partial charge in [0.1, 0.15) is 5.82 Å². The number of halogens is 1. The molecular weight excluding hydrogens is 219 g/mol. The van der Waals surface area contributed by atoms with Gasteiger partial charge in [-0.15, -0.1) is 0 Å². The molecule has 0 atom stereocenters. The molecule has 1 saturated carbocycles. The van der Waals surface area contributed by atoms with Crippen LogP contribution in [-0.2, 0) is 11.2 Å². The highest BCUT2D eigenvalue weighted by molar-refractivity contribution is 5.85. The molecule has 17 heavy (non-hydrogen) atoms. The number of nitrogens with two attached hydrogens (primary N) is 1. The number of carbonyl (C=O) groups excluding carboxylic acids is 1. The molecule has 92 valence electrons. The zero-order valence-corrected chi connectivity index (χ0v) is 9.71. The second-order valence-corrected chi connectivity index (χ2v) is 4.62. The SMILES string of the molecule is NCC1(C(=O)NCCc2cccc(F)c2)CC1. The molecule has 1 aliphatic carbocycles. The van der Waals surface area contributed by atoms with Crippen LogP contribution in [0, 0.1) is 11.2 Å². The summed E-state index contributed by atoms with van der Waals surface area (Å²) in [5.74, 6) is -0.203. The molecule has 3 nitrogen and oxygen atoms in total. The monoisotopic (exact) mass is 236 g/mol. The molecule has 0 radical (unpaired) electrons. The highest BCUT2D eigenvalue weighted by Gasteiger charge is 2.48. The fourth-order valence-corrected chi connectivity index (χ4v) is 1.88. The summed E-state index contributed by atoms with van der Waals surface area (Å²) >= 11 is 0. The fourth-order valence-electron chi connectivity index (χ4n) is 1.88. The number of nitrogens with one attached hydrogen (secondary N) is 1. The van der Waals surface area contributed by atoms with Crippen molar-refractivity contribution in [1.82, 2.24) is 5.32 Å². The quantitative estimate of drug-likeness (QED) is 0.807. The lowest BCUT2D eigenvalue weighted by atomic mass is 10.1. The van der Waals surface area contributed by atoms with Crippen molar-refractivity contribution in [2.45, 2.75) is 19.3 Å². The maximum Gasteiger partial charge on any atom is 0.227 e. The predicted molar refractivity (Wildman–Crippen MR) is 63.8 cm³/mol. The average molecular weight is 236 g/mol. The molecule has 1 aromatic rings. The van der Waals surface area contributed by atoms with Crippen LogP contribution < -0.4 is 11.1 Å². The smallest absolute Gasteiger partial charge is 0.227 e. The third-order valence-electron chi connectivity index (χ3n) is 3.31. The zero-order valence-electron chi connectivity index (χ0n) is 9.71. The van der Waals surface area contributed by atoms with Gasteiger partial charge in [-0.05, 0) is 37.0 Å². The minimum absolute atomic E-state index is 0.0383. The summed E-state index contributed by atoms with van der Waals surface area (Å²) in [6.45, 7) is 0.947. The molecule has 4 heteroatoms. The maximum atomic E-state index is 12.9. The van der Waals surface area contributed by atoms with Crippen molar-refractivity contribution in [3.8, 4) is 0 Å². The molecule has 2 rings (SSSR count). The van der Waals surface area contributed by atoms with E-state index in [0.717, 1.165) is 18.4 Å². The number of hydrogen-bond acceptors (Lipinski definition) is 2. The maximum absolute atomic E-state index is 12.9. The standard InChI is InChI=1S/C13H17FN2O/c14-11-3-1-2-10(8-11)4-7-16-12(17)13(9-15)5-6-13/h1-3,8H,4-7,9,15H2,(H,16,17). The van der Waals surface area contributed by atoms with Crippen LogP contribution in [0.1, 0.15) is 18.4 Å². The Morgan fingerprint density at radius 3 is 2.82 bits per heavy atom. The van der Waals surface area contributed by atoms with Crippen LogP contribution in [0.2, 0.25) is 0 Å². The number of rotatable bonds is 5. The summed E-state index contributed by atoms with van der Waals surface area (Å²) in [6, 6.07) is 6.43. The van der Waals surface area contributed by atoms with Crippen LogP contribution in [-0.4, -0.2) is 19.0 Å². The van der Waals surface area contributed by atoms with Crippen LogP contribution in [0.4, 0.5) is 4.39 Å². The van der Waals surface area contributed by atoms with Crippen molar-refractivity contribution in [1.29, 1.82) is 0 Å².